The standard InChI is InChI=1S/C13H9ClN2OS2/c14-11-8-4-1-2-5-9(8)19-12(11)13(17)16-15-10-6-3-7-18-10/h1-7,15H,(H,16,17). The van der Waals surface area contributed by atoms with E-state index < -0.39 is 0 Å². The van der Waals surface area contributed by atoms with Crippen LogP contribution in [0.2, 0.25) is 5.02 Å². The molecule has 6 heteroatoms. The summed E-state index contributed by atoms with van der Waals surface area (Å²) in [7, 11) is 0. The molecular weight excluding hydrogens is 300 g/mol. The quantitative estimate of drug-likeness (QED) is 0.705. The highest BCUT2D eigenvalue weighted by Crippen LogP contribution is 2.34. The Bertz CT molecular complexity index is 721. The minimum Gasteiger partial charge on any atom is -0.289 e. The van der Waals surface area contributed by atoms with E-state index in [4.69, 9.17) is 11.6 Å². The molecule has 0 aliphatic carbocycles. The minimum absolute atomic E-state index is 0.223. The summed E-state index contributed by atoms with van der Waals surface area (Å²) >= 11 is 9.14. The van der Waals surface area contributed by atoms with Crippen LogP contribution in [0.25, 0.3) is 10.1 Å². The van der Waals surface area contributed by atoms with Gasteiger partial charge in [-0.1, -0.05) is 29.8 Å². The minimum atomic E-state index is -0.223. The number of thiophene rings is 2. The van der Waals surface area contributed by atoms with Crippen molar-refractivity contribution in [3.8, 4) is 0 Å². The molecule has 0 saturated heterocycles. The first-order chi connectivity index (χ1) is 9.25. The number of halogens is 1. The number of carbonyl (C=O) groups excluding carboxylic acids is 1. The van der Waals surface area contributed by atoms with Crippen molar-refractivity contribution in [3.63, 3.8) is 0 Å². The van der Waals surface area contributed by atoms with Gasteiger partial charge in [0.25, 0.3) is 5.91 Å². The van der Waals surface area contributed by atoms with Crippen molar-refractivity contribution in [1.29, 1.82) is 0 Å². The first-order valence-electron chi connectivity index (χ1n) is 5.52. The summed E-state index contributed by atoms with van der Waals surface area (Å²) in [6.45, 7) is 0. The van der Waals surface area contributed by atoms with E-state index in [1.807, 2.05) is 41.8 Å². The Balaban J connectivity index is 1.83. The summed E-state index contributed by atoms with van der Waals surface area (Å²) in [6.07, 6.45) is 0. The molecule has 0 aliphatic heterocycles. The summed E-state index contributed by atoms with van der Waals surface area (Å²) in [6, 6.07) is 11.5. The highest BCUT2D eigenvalue weighted by molar-refractivity contribution is 7.21. The van der Waals surface area contributed by atoms with Crippen molar-refractivity contribution in [2.24, 2.45) is 0 Å². The fourth-order valence-corrected chi connectivity index (χ4v) is 3.67. The molecule has 0 saturated carbocycles. The van der Waals surface area contributed by atoms with E-state index in [9.17, 15) is 4.79 Å². The number of benzene rings is 1. The second-order valence-electron chi connectivity index (χ2n) is 3.80. The van der Waals surface area contributed by atoms with Crippen LogP contribution in [0.4, 0.5) is 5.00 Å². The molecule has 96 valence electrons. The van der Waals surface area contributed by atoms with E-state index in [0.29, 0.717) is 9.90 Å². The molecule has 0 unspecified atom stereocenters. The van der Waals surface area contributed by atoms with Gasteiger partial charge in [-0.2, -0.15) is 0 Å². The van der Waals surface area contributed by atoms with Gasteiger partial charge in [-0.15, -0.1) is 22.7 Å². The topological polar surface area (TPSA) is 41.1 Å². The Kier molecular flexibility index (Phi) is 3.42. The molecule has 2 heterocycles. The number of nitrogens with one attached hydrogen (secondary N) is 2. The van der Waals surface area contributed by atoms with Crippen LogP contribution >= 0.6 is 34.3 Å². The van der Waals surface area contributed by atoms with Gasteiger partial charge in [-0.05, 0) is 23.6 Å². The third kappa shape index (κ3) is 2.45. The summed E-state index contributed by atoms with van der Waals surface area (Å²) in [5.41, 5.74) is 5.51. The molecule has 0 radical (unpaired) electrons. The normalized spacial score (nSPS) is 10.6. The van der Waals surface area contributed by atoms with E-state index in [-0.39, 0.29) is 5.91 Å². The third-order valence-corrected chi connectivity index (χ3v) is 5.02. The van der Waals surface area contributed by atoms with Crippen LogP contribution in [0.15, 0.2) is 41.8 Å². The zero-order valence-corrected chi connectivity index (χ0v) is 12.0. The van der Waals surface area contributed by atoms with Crippen molar-refractivity contribution in [2.75, 3.05) is 5.43 Å². The first-order valence-corrected chi connectivity index (χ1v) is 7.60. The van der Waals surface area contributed by atoms with E-state index in [1.54, 1.807) is 0 Å². The number of hydrogen-bond donors (Lipinski definition) is 2. The van der Waals surface area contributed by atoms with Crippen LogP contribution in [0.3, 0.4) is 0 Å². The molecule has 2 aromatic heterocycles. The predicted molar refractivity (Wildman–Crippen MR) is 82.2 cm³/mol. The number of anilines is 1. The number of rotatable bonds is 3. The van der Waals surface area contributed by atoms with Gasteiger partial charge in [0, 0.05) is 10.1 Å². The van der Waals surface area contributed by atoms with Crippen molar-refractivity contribution in [3.05, 3.63) is 51.7 Å². The summed E-state index contributed by atoms with van der Waals surface area (Å²) in [5, 5.41) is 4.23. The highest BCUT2D eigenvalue weighted by Gasteiger charge is 2.16. The molecule has 3 aromatic rings. The van der Waals surface area contributed by atoms with Crippen molar-refractivity contribution in [1.82, 2.24) is 5.43 Å². The van der Waals surface area contributed by atoms with Gasteiger partial charge in [0.1, 0.15) is 9.88 Å². The van der Waals surface area contributed by atoms with Crippen LogP contribution in [-0.2, 0) is 0 Å². The average Bonchev–Trinajstić information content (AvgIpc) is 3.05. The number of carbonyl (C=O) groups is 1. The van der Waals surface area contributed by atoms with Crippen LogP contribution in [0.5, 0.6) is 0 Å². The highest BCUT2D eigenvalue weighted by atomic mass is 35.5. The van der Waals surface area contributed by atoms with Crippen molar-refractivity contribution in [2.45, 2.75) is 0 Å². The van der Waals surface area contributed by atoms with Crippen LogP contribution in [-0.4, -0.2) is 5.91 Å². The Morgan fingerprint density at radius 1 is 1.16 bits per heavy atom. The van der Waals surface area contributed by atoms with Gasteiger partial charge in [0.15, 0.2) is 0 Å². The average molecular weight is 309 g/mol. The number of hydrogen-bond acceptors (Lipinski definition) is 4. The summed E-state index contributed by atoms with van der Waals surface area (Å²) < 4.78 is 1.01. The molecule has 0 aliphatic rings. The molecule has 0 spiro atoms. The Morgan fingerprint density at radius 2 is 2.00 bits per heavy atom. The second kappa shape index (κ2) is 5.21. The van der Waals surface area contributed by atoms with E-state index in [1.165, 1.54) is 22.7 Å². The van der Waals surface area contributed by atoms with Gasteiger partial charge in [-0.25, -0.2) is 0 Å². The molecule has 3 nitrogen and oxygen atoms in total. The molecular formula is C13H9ClN2OS2. The third-order valence-electron chi connectivity index (χ3n) is 2.56. The maximum Gasteiger partial charge on any atom is 0.281 e. The van der Waals surface area contributed by atoms with Gasteiger partial charge in [0.05, 0.1) is 5.02 Å². The Morgan fingerprint density at radius 3 is 2.74 bits per heavy atom. The lowest BCUT2D eigenvalue weighted by Crippen LogP contribution is -2.28. The molecule has 19 heavy (non-hydrogen) atoms. The molecule has 0 atom stereocenters. The van der Waals surface area contributed by atoms with Gasteiger partial charge < -0.3 is 0 Å². The zero-order chi connectivity index (χ0) is 13.2. The van der Waals surface area contributed by atoms with E-state index in [0.717, 1.165) is 15.1 Å². The Labute approximate surface area is 122 Å². The fraction of sp³-hybridized carbons (Fsp3) is 0. The predicted octanol–water partition coefficient (Wildman–Crippen LogP) is 4.37. The van der Waals surface area contributed by atoms with Gasteiger partial charge in [0.2, 0.25) is 0 Å². The van der Waals surface area contributed by atoms with Crippen molar-refractivity contribution >= 4 is 55.3 Å². The molecule has 0 bridgehead atoms. The lowest BCUT2D eigenvalue weighted by atomic mass is 10.2. The van der Waals surface area contributed by atoms with Crippen molar-refractivity contribution < 1.29 is 4.79 Å². The van der Waals surface area contributed by atoms with Crippen LogP contribution < -0.4 is 10.9 Å². The largest absolute Gasteiger partial charge is 0.289 e. The maximum atomic E-state index is 12.1. The number of amides is 1. The smallest absolute Gasteiger partial charge is 0.281 e. The molecule has 1 amide bonds. The monoisotopic (exact) mass is 308 g/mol. The van der Waals surface area contributed by atoms with Crippen LogP contribution in [0.1, 0.15) is 9.67 Å². The molecule has 2 N–H and O–H groups in total. The number of fused-ring (bicyclic) bond motifs is 1. The molecule has 1 aromatic carbocycles. The second-order valence-corrected chi connectivity index (χ2v) is 6.18. The van der Waals surface area contributed by atoms with E-state index >= 15 is 0 Å². The Hall–Kier alpha value is -1.56. The molecule has 3 rings (SSSR count). The lowest BCUT2D eigenvalue weighted by Gasteiger charge is -2.04. The maximum absolute atomic E-state index is 12.1. The SMILES string of the molecule is O=C(NNc1cccs1)c1sc2ccccc2c1Cl. The number of hydrazine groups is 1. The fourth-order valence-electron chi connectivity index (χ4n) is 1.68. The summed E-state index contributed by atoms with van der Waals surface area (Å²) in [4.78, 5) is 12.6. The molecule has 0 fully saturated rings. The zero-order valence-electron chi connectivity index (χ0n) is 9.64. The van der Waals surface area contributed by atoms with Gasteiger partial charge >= 0.3 is 0 Å². The van der Waals surface area contributed by atoms with Crippen LogP contribution in [0, 0.1) is 0 Å². The first kappa shape index (κ1) is 12.5. The summed E-state index contributed by atoms with van der Waals surface area (Å²) in [5.74, 6) is -0.223. The lowest BCUT2D eigenvalue weighted by molar-refractivity contribution is 0.0967. The van der Waals surface area contributed by atoms with Gasteiger partial charge in [-0.3, -0.25) is 15.6 Å². The van der Waals surface area contributed by atoms with E-state index in [2.05, 4.69) is 10.9 Å².